The molecule has 1 atom stereocenters. The maximum atomic E-state index is 6.23. The van der Waals surface area contributed by atoms with Gasteiger partial charge in [0.05, 0.1) is 12.0 Å². The molecule has 0 saturated carbocycles. The zero-order chi connectivity index (χ0) is 13.8. The zero-order valence-electron chi connectivity index (χ0n) is 11.6. The van der Waals surface area contributed by atoms with Crippen LogP contribution in [0.4, 0.5) is 0 Å². The standard InChI is InChI=1S/C13H20ClN5/c1-4-11(8-19-6-5-15-9-19)16-7-12-10(2)17-18(3)13(12)14/h5-6,9,11,16H,4,7-8H2,1-3H3. The maximum Gasteiger partial charge on any atom is 0.131 e. The van der Waals surface area contributed by atoms with Gasteiger partial charge in [-0.15, -0.1) is 0 Å². The van der Waals surface area contributed by atoms with Crippen molar-refractivity contribution in [1.29, 1.82) is 0 Å². The van der Waals surface area contributed by atoms with Gasteiger partial charge in [-0.25, -0.2) is 4.98 Å². The van der Waals surface area contributed by atoms with Gasteiger partial charge in [0.15, 0.2) is 0 Å². The molecule has 2 heterocycles. The Morgan fingerprint density at radius 3 is 2.79 bits per heavy atom. The molecule has 19 heavy (non-hydrogen) atoms. The third-order valence-electron chi connectivity index (χ3n) is 3.32. The van der Waals surface area contributed by atoms with Gasteiger partial charge >= 0.3 is 0 Å². The summed E-state index contributed by atoms with van der Waals surface area (Å²) in [4.78, 5) is 4.06. The number of hydrogen-bond acceptors (Lipinski definition) is 3. The zero-order valence-corrected chi connectivity index (χ0v) is 12.4. The van der Waals surface area contributed by atoms with Crippen LogP contribution >= 0.6 is 11.6 Å². The minimum absolute atomic E-state index is 0.393. The van der Waals surface area contributed by atoms with E-state index in [1.54, 1.807) is 10.9 Å². The fraction of sp³-hybridized carbons (Fsp3) is 0.538. The number of nitrogens with zero attached hydrogens (tertiary/aromatic N) is 4. The SMILES string of the molecule is CCC(Cn1ccnc1)NCc1c(C)nn(C)c1Cl. The maximum absolute atomic E-state index is 6.23. The van der Waals surface area contributed by atoms with Gasteiger partial charge in [-0.2, -0.15) is 5.10 Å². The van der Waals surface area contributed by atoms with E-state index < -0.39 is 0 Å². The molecule has 0 aliphatic rings. The average Bonchev–Trinajstić information content (AvgIpc) is 2.97. The van der Waals surface area contributed by atoms with Crippen LogP contribution in [0, 0.1) is 6.92 Å². The second-order valence-electron chi connectivity index (χ2n) is 4.72. The number of aryl methyl sites for hydroxylation is 2. The molecule has 2 aromatic rings. The van der Waals surface area contributed by atoms with Crippen molar-refractivity contribution in [2.24, 2.45) is 7.05 Å². The van der Waals surface area contributed by atoms with Crippen molar-refractivity contribution in [3.63, 3.8) is 0 Å². The summed E-state index contributed by atoms with van der Waals surface area (Å²) in [5, 5.41) is 8.56. The van der Waals surface area contributed by atoms with E-state index in [0.717, 1.165) is 30.8 Å². The molecule has 2 rings (SSSR count). The number of aromatic nitrogens is 4. The Morgan fingerprint density at radius 1 is 1.47 bits per heavy atom. The molecule has 0 aliphatic heterocycles. The fourth-order valence-corrected chi connectivity index (χ4v) is 2.35. The number of halogens is 1. The van der Waals surface area contributed by atoms with Gasteiger partial charge in [-0.3, -0.25) is 4.68 Å². The summed E-state index contributed by atoms with van der Waals surface area (Å²) in [6.45, 7) is 5.81. The van der Waals surface area contributed by atoms with E-state index >= 15 is 0 Å². The molecule has 0 aliphatic carbocycles. The minimum Gasteiger partial charge on any atom is -0.336 e. The summed E-state index contributed by atoms with van der Waals surface area (Å²) in [7, 11) is 1.86. The molecule has 1 N–H and O–H groups in total. The van der Waals surface area contributed by atoms with Gasteiger partial charge in [-0.05, 0) is 13.3 Å². The van der Waals surface area contributed by atoms with Crippen molar-refractivity contribution in [2.75, 3.05) is 0 Å². The second kappa shape index (κ2) is 6.21. The number of rotatable bonds is 6. The quantitative estimate of drug-likeness (QED) is 0.883. The highest BCUT2D eigenvalue weighted by Crippen LogP contribution is 2.18. The molecule has 0 spiro atoms. The lowest BCUT2D eigenvalue weighted by molar-refractivity contribution is 0.434. The average molecular weight is 282 g/mol. The summed E-state index contributed by atoms with van der Waals surface area (Å²) in [5.74, 6) is 0. The van der Waals surface area contributed by atoms with Gasteiger partial charge in [0.25, 0.3) is 0 Å². The van der Waals surface area contributed by atoms with Crippen LogP contribution in [-0.4, -0.2) is 25.4 Å². The molecular weight excluding hydrogens is 262 g/mol. The topological polar surface area (TPSA) is 47.7 Å². The molecule has 0 saturated heterocycles. The van der Waals surface area contributed by atoms with Crippen LogP contribution in [0.25, 0.3) is 0 Å². The molecule has 104 valence electrons. The first-order valence-electron chi connectivity index (χ1n) is 6.49. The van der Waals surface area contributed by atoms with Crippen LogP contribution in [-0.2, 0) is 20.1 Å². The summed E-state index contributed by atoms with van der Waals surface area (Å²) in [6, 6.07) is 0.393. The normalized spacial score (nSPS) is 12.8. The molecular formula is C13H20ClN5. The van der Waals surface area contributed by atoms with E-state index in [0.29, 0.717) is 11.2 Å². The molecule has 0 radical (unpaired) electrons. The van der Waals surface area contributed by atoms with E-state index in [1.807, 2.05) is 26.5 Å². The largest absolute Gasteiger partial charge is 0.336 e. The Bertz CT molecular complexity index is 517. The van der Waals surface area contributed by atoms with Crippen molar-refractivity contribution < 1.29 is 0 Å². The highest BCUT2D eigenvalue weighted by atomic mass is 35.5. The van der Waals surface area contributed by atoms with E-state index in [1.165, 1.54) is 0 Å². The van der Waals surface area contributed by atoms with Crippen molar-refractivity contribution in [2.45, 2.75) is 39.4 Å². The van der Waals surface area contributed by atoms with Crippen LogP contribution in [0.1, 0.15) is 24.6 Å². The van der Waals surface area contributed by atoms with E-state index in [4.69, 9.17) is 11.6 Å². The predicted molar refractivity (Wildman–Crippen MR) is 76.1 cm³/mol. The van der Waals surface area contributed by atoms with Gasteiger partial charge in [-0.1, -0.05) is 18.5 Å². The highest BCUT2D eigenvalue weighted by molar-refractivity contribution is 6.30. The first-order chi connectivity index (χ1) is 9.11. The lowest BCUT2D eigenvalue weighted by Crippen LogP contribution is -2.32. The molecule has 0 fully saturated rings. The summed E-state index contributed by atoms with van der Waals surface area (Å²) >= 11 is 6.23. The summed E-state index contributed by atoms with van der Waals surface area (Å²) in [6.07, 6.45) is 6.67. The Labute approximate surface area is 118 Å². The lowest BCUT2D eigenvalue weighted by atomic mass is 10.2. The van der Waals surface area contributed by atoms with Gasteiger partial charge < -0.3 is 9.88 Å². The van der Waals surface area contributed by atoms with Crippen molar-refractivity contribution >= 4 is 11.6 Å². The molecule has 0 amide bonds. The van der Waals surface area contributed by atoms with Crippen LogP contribution in [0.15, 0.2) is 18.7 Å². The molecule has 0 aromatic carbocycles. The van der Waals surface area contributed by atoms with Crippen molar-refractivity contribution in [3.8, 4) is 0 Å². The molecule has 2 aromatic heterocycles. The Kier molecular flexibility index (Phi) is 4.61. The molecule has 5 nitrogen and oxygen atoms in total. The lowest BCUT2D eigenvalue weighted by Gasteiger charge is -2.17. The van der Waals surface area contributed by atoms with Crippen LogP contribution in [0.2, 0.25) is 5.15 Å². The monoisotopic (exact) mass is 281 g/mol. The van der Waals surface area contributed by atoms with Gasteiger partial charge in [0.1, 0.15) is 5.15 Å². The fourth-order valence-electron chi connectivity index (χ4n) is 2.11. The van der Waals surface area contributed by atoms with E-state index in [-0.39, 0.29) is 0 Å². The number of nitrogens with one attached hydrogen (secondary N) is 1. The third-order valence-corrected chi connectivity index (χ3v) is 3.79. The first-order valence-corrected chi connectivity index (χ1v) is 6.86. The van der Waals surface area contributed by atoms with E-state index in [2.05, 4.69) is 26.9 Å². The van der Waals surface area contributed by atoms with Gasteiger partial charge in [0.2, 0.25) is 0 Å². The smallest absolute Gasteiger partial charge is 0.131 e. The summed E-state index contributed by atoms with van der Waals surface area (Å²) < 4.78 is 3.80. The van der Waals surface area contributed by atoms with E-state index in [9.17, 15) is 0 Å². The Balaban J connectivity index is 1.96. The molecule has 0 bridgehead atoms. The number of imidazole rings is 1. The van der Waals surface area contributed by atoms with Crippen molar-refractivity contribution in [3.05, 3.63) is 35.1 Å². The Hall–Kier alpha value is -1.33. The molecule has 6 heteroatoms. The second-order valence-corrected chi connectivity index (χ2v) is 5.08. The molecule has 1 unspecified atom stereocenters. The Morgan fingerprint density at radius 2 is 2.26 bits per heavy atom. The van der Waals surface area contributed by atoms with Gasteiger partial charge in [0, 0.05) is 44.1 Å². The van der Waals surface area contributed by atoms with Crippen LogP contribution < -0.4 is 5.32 Å². The third kappa shape index (κ3) is 3.36. The minimum atomic E-state index is 0.393. The van der Waals surface area contributed by atoms with Crippen LogP contribution in [0.5, 0.6) is 0 Å². The van der Waals surface area contributed by atoms with Crippen LogP contribution in [0.3, 0.4) is 0 Å². The number of hydrogen-bond donors (Lipinski definition) is 1. The highest BCUT2D eigenvalue weighted by Gasteiger charge is 2.13. The van der Waals surface area contributed by atoms with Crippen molar-refractivity contribution in [1.82, 2.24) is 24.6 Å². The summed E-state index contributed by atoms with van der Waals surface area (Å²) in [5.41, 5.74) is 2.06. The predicted octanol–water partition coefficient (Wildman–Crippen LogP) is 2.15. The first kappa shape index (κ1) is 14.1.